The van der Waals surface area contributed by atoms with Crippen molar-refractivity contribution in [2.45, 2.75) is 13.3 Å². The second-order valence-electron chi connectivity index (χ2n) is 4.39. The Labute approximate surface area is 119 Å². The van der Waals surface area contributed by atoms with E-state index in [1.165, 1.54) is 0 Å². The van der Waals surface area contributed by atoms with Crippen LogP contribution in [0.4, 0.5) is 5.69 Å². The van der Waals surface area contributed by atoms with Crippen molar-refractivity contribution in [1.82, 2.24) is 0 Å². The summed E-state index contributed by atoms with van der Waals surface area (Å²) in [6.45, 7) is 2.82. The van der Waals surface area contributed by atoms with Crippen molar-refractivity contribution >= 4 is 11.7 Å². The topological polar surface area (TPSA) is 38.3 Å². The number of hydrogen-bond acceptors (Lipinski definition) is 3. The van der Waals surface area contributed by atoms with Gasteiger partial charge in [0.05, 0.1) is 13.0 Å². The minimum Gasteiger partial charge on any atom is -0.466 e. The van der Waals surface area contributed by atoms with Crippen molar-refractivity contribution in [2.75, 3.05) is 18.5 Å². The Morgan fingerprint density at radius 1 is 1.05 bits per heavy atom. The lowest BCUT2D eigenvalue weighted by molar-refractivity contribution is -0.142. The normalized spacial score (nSPS) is 10.1. The third kappa shape index (κ3) is 3.85. The van der Waals surface area contributed by atoms with Crippen LogP contribution in [0.15, 0.2) is 54.6 Å². The summed E-state index contributed by atoms with van der Waals surface area (Å²) in [6, 6.07) is 18.3. The van der Waals surface area contributed by atoms with Crippen LogP contribution in [0.5, 0.6) is 0 Å². The fraction of sp³-hybridized carbons (Fsp3) is 0.235. The number of para-hydroxylation sites is 1. The van der Waals surface area contributed by atoms with E-state index in [0.717, 1.165) is 16.8 Å². The van der Waals surface area contributed by atoms with Gasteiger partial charge in [0, 0.05) is 17.8 Å². The molecule has 0 amide bonds. The molecule has 0 bridgehead atoms. The quantitative estimate of drug-likeness (QED) is 0.812. The summed E-state index contributed by atoms with van der Waals surface area (Å²) in [5, 5.41) is 3.30. The highest BCUT2D eigenvalue weighted by atomic mass is 16.5. The summed E-state index contributed by atoms with van der Waals surface area (Å²) in [5.41, 5.74) is 3.33. The summed E-state index contributed by atoms with van der Waals surface area (Å²) in [4.78, 5) is 11.3. The molecule has 0 unspecified atom stereocenters. The van der Waals surface area contributed by atoms with Gasteiger partial charge in [0.2, 0.25) is 0 Å². The average Bonchev–Trinajstić information content (AvgIpc) is 2.49. The fourth-order valence-electron chi connectivity index (χ4n) is 2.04. The molecule has 0 heterocycles. The summed E-state index contributed by atoms with van der Waals surface area (Å²) >= 11 is 0. The van der Waals surface area contributed by atoms with Crippen LogP contribution in [-0.2, 0) is 9.53 Å². The van der Waals surface area contributed by atoms with Crippen molar-refractivity contribution in [3.8, 4) is 11.1 Å². The number of benzene rings is 2. The highest BCUT2D eigenvalue weighted by Crippen LogP contribution is 2.27. The van der Waals surface area contributed by atoms with Gasteiger partial charge in [-0.3, -0.25) is 4.79 Å². The maximum atomic E-state index is 11.3. The molecule has 0 spiro atoms. The molecular formula is C17H19NO2. The molecule has 20 heavy (non-hydrogen) atoms. The number of carbonyl (C=O) groups excluding carboxylic acids is 1. The van der Waals surface area contributed by atoms with E-state index in [1.807, 2.05) is 43.3 Å². The SMILES string of the molecule is CCOC(=O)CCNc1ccccc1-c1ccccc1. The number of nitrogens with one attached hydrogen (secondary N) is 1. The average molecular weight is 269 g/mol. The molecule has 0 aromatic heterocycles. The molecule has 3 nitrogen and oxygen atoms in total. The maximum absolute atomic E-state index is 11.3. The molecule has 0 atom stereocenters. The zero-order chi connectivity index (χ0) is 14.2. The number of hydrogen-bond donors (Lipinski definition) is 1. The lowest BCUT2D eigenvalue weighted by atomic mass is 10.0. The zero-order valence-electron chi connectivity index (χ0n) is 11.6. The van der Waals surface area contributed by atoms with Crippen molar-refractivity contribution in [3.63, 3.8) is 0 Å². The number of esters is 1. The van der Waals surface area contributed by atoms with Crippen molar-refractivity contribution < 1.29 is 9.53 Å². The molecule has 2 aromatic rings. The van der Waals surface area contributed by atoms with E-state index in [2.05, 4.69) is 23.5 Å². The Bertz CT molecular complexity index is 552. The second kappa shape index (κ2) is 7.34. The Kier molecular flexibility index (Phi) is 5.18. The van der Waals surface area contributed by atoms with Crippen molar-refractivity contribution in [2.24, 2.45) is 0 Å². The van der Waals surface area contributed by atoms with Gasteiger partial charge in [-0.15, -0.1) is 0 Å². The van der Waals surface area contributed by atoms with Gasteiger partial charge in [0.15, 0.2) is 0 Å². The standard InChI is InChI=1S/C17H19NO2/c1-2-20-17(19)12-13-18-16-11-7-6-10-15(16)14-8-4-3-5-9-14/h3-11,18H,2,12-13H2,1H3. The number of ether oxygens (including phenoxy) is 1. The largest absolute Gasteiger partial charge is 0.466 e. The molecule has 0 aliphatic carbocycles. The summed E-state index contributed by atoms with van der Waals surface area (Å²) in [6.07, 6.45) is 0.372. The minimum absolute atomic E-state index is 0.169. The Balaban J connectivity index is 2.04. The van der Waals surface area contributed by atoms with Crippen LogP contribution < -0.4 is 5.32 Å². The number of carbonyl (C=O) groups is 1. The molecule has 2 rings (SSSR count). The van der Waals surface area contributed by atoms with E-state index in [-0.39, 0.29) is 5.97 Å². The van der Waals surface area contributed by atoms with Crippen LogP contribution in [0.25, 0.3) is 11.1 Å². The Hall–Kier alpha value is -2.29. The fourth-order valence-corrected chi connectivity index (χ4v) is 2.04. The molecule has 0 aliphatic rings. The van der Waals surface area contributed by atoms with Crippen LogP contribution in [0.2, 0.25) is 0 Å². The Morgan fingerprint density at radius 3 is 2.50 bits per heavy atom. The zero-order valence-corrected chi connectivity index (χ0v) is 11.6. The van der Waals surface area contributed by atoms with E-state index in [4.69, 9.17) is 4.74 Å². The predicted octanol–water partition coefficient (Wildman–Crippen LogP) is 3.72. The van der Waals surface area contributed by atoms with E-state index in [0.29, 0.717) is 19.6 Å². The smallest absolute Gasteiger partial charge is 0.307 e. The van der Waals surface area contributed by atoms with Crippen LogP contribution >= 0.6 is 0 Å². The lowest BCUT2D eigenvalue weighted by Crippen LogP contribution is -2.11. The molecule has 0 radical (unpaired) electrons. The number of rotatable bonds is 6. The molecule has 0 saturated heterocycles. The van der Waals surface area contributed by atoms with Crippen LogP contribution in [0.1, 0.15) is 13.3 Å². The van der Waals surface area contributed by atoms with Gasteiger partial charge in [-0.25, -0.2) is 0 Å². The maximum Gasteiger partial charge on any atom is 0.307 e. The van der Waals surface area contributed by atoms with Gasteiger partial charge in [-0.05, 0) is 18.6 Å². The first-order valence-electron chi connectivity index (χ1n) is 6.85. The van der Waals surface area contributed by atoms with E-state index in [9.17, 15) is 4.79 Å². The molecule has 1 N–H and O–H groups in total. The van der Waals surface area contributed by atoms with Gasteiger partial charge < -0.3 is 10.1 Å². The molecule has 0 saturated carbocycles. The summed E-state index contributed by atoms with van der Waals surface area (Å²) < 4.78 is 4.92. The van der Waals surface area contributed by atoms with E-state index >= 15 is 0 Å². The van der Waals surface area contributed by atoms with Gasteiger partial charge in [0.1, 0.15) is 0 Å². The minimum atomic E-state index is -0.169. The van der Waals surface area contributed by atoms with Crippen molar-refractivity contribution in [3.05, 3.63) is 54.6 Å². The second-order valence-corrected chi connectivity index (χ2v) is 4.39. The monoisotopic (exact) mass is 269 g/mol. The summed E-state index contributed by atoms with van der Waals surface area (Å²) in [5.74, 6) is -0.169. The van der Waals surface area contributed by atoms with Crippen LogP contribution in [0.3, 0.4) is 0 Å². The first-order chi connectivity index (χ1) is 9.81. The van der Waals surface area contributed by atoms with Crippen molar-refractivity contribution in [1.29, 1.82) is 0 Å². The molecule has 3 heteroatoms. The first-order valence-corrected chi connectivity index (χ1v) is 6.85. The number of anilines is 1. The molecule has 0 aliphatic heterocycles. The van der Waals surface area contributed by atoms with E-state index < -0.39 is 0 Å². The molecular weight excluding hydrogens is 250 g/mol. The van der Waals surface area contributed by atoms with Gasteiger partial charge in [0.25, 0.3) is 0 Å². The third-order valence-electron chi connectivity index (χ3n) is 2.96. The Morgan fingerprint density at radius 2 is 1.75 bits per heavy atom. The highest BCUT2D eigenvalue weighted by Gasteiger charge is 2.05. The predicted molar refractivity (Wildman–Crippen MR) is 81.6 cm³/mol. The molecule has 2 aromatic carbocycles. The molecule has 104 valence electrons. The van der Waals surface area contributed by atoms with Gasteiger partial charge in [-0.2, -0.15) is 0 Å². The molecule has 0 fully saturated rings. The van der Waals surface area contributed by atoms with Crippen LogP contribution in [-0.4, -0.2) is 19.1 Å². The van der Waals surface area contributed by atoms with Crippen LogP contribution in [0, 0.1) is 0 Å². The third-order valence-corrected chi connectivity index (χ3v) is 2.96. The van der Waals surface area contributed by atoms with E-state index in [1.54, 1.807) is 0 Å². The lowest BCUT2D eigenvalue weighted by Gasteiger charge is -2.12. The first kappa shape index (κ1) is 14.1. The highest BCUT2D eigenvalue weighted by molar-refractivity contribution is 5.78. The van der Waals surface area contributed by atoms with Gasteiger partial charge in [-0.1, -0.05) is 48.5 Å². The van der Waals surface area contributed by atoms with Gasteiger partial charge >= 0.3 is 5.97 Å². The summed E-state index contributed by atoms with van der Waals surface area (Å²) in [7, 11) is 0.